The van der Waals surface area contributed by atoms with Crippen LogP contribution in [0.25, 0.3) is 0 Å². The van der Waals surface area contributed by atoms with Crippen LogP contribution < -0.4 is 5.73 Å². The molecule has 1 rings (SSSR count). The van der Waals surface area contributed by atoms with E-state index in [4.69, 9.17) is 5.73 Å². The fourth-order valence-electron chi connectivity index (χ4n) is 1.61. The molecule has 0 saturated carbocycles. The molecule has 1 aromatic rings. The lowest BCUT2D eigenvalue weighted by Crippen LogP contribution is -2.24. The first kappa shape index (κ1) is 14.1. The van der Waals surface area contributed by atoms with Crippen LogP contribution in [0.3, 0.4) is 0 Å². The first-order chi connectivity index (χ1) is 7.93. The average molecular weight is 263 g/mol. The van der Waals surface area contributed by atoms with Gasteiger partial charge in [-0.1, -0.05) is 6.92 Å². The molecule has 6 heteroatoms. The fourth-order valence-corrected chi connectivity index (χ4v) is 3.41. The zero-order valence-corrected chi connectivity index (χ0v) is 10.3. The van der Waals surface area contributed by atoms with Gasteiger partial charge in [0.05, 0.1) is 10.1 Å². The summed E-state index contributed by atoms with van der Waals surface area (Å²) >= 11 is 0. The van der Waals surface area contributed by atoms with E-state index in [0.717, 1.165) is 12.1 Å². The van der Waals surface area contributed by atoms with Gasteiger partial charge in [-0.15, -0.1) is 0 Å². The Balaban J connectivity index is 3.15. The molecular formula is C11H15F2NO2S. The van der Waals surface area contributed by atoms with Crippen LogP contribution in [0.1, 0.15) is 19.8 Å². The summed E-state index contributed by atoms with van der Waals surface area (Å²) in [6.07, 6.45) is 0.691. The van der Waals surface area contributed by atoms with Crippen molar-refractivity contribution in [3.8, 4) is 0 Å². The van der Waals surface area contributed by atoms with Gasteiger partial charge in [0.1, 0.15) is 0 Å². The number of rotatable bonds is 5. The molecule has 0 radical (unpaired) electrons. The lowest BCUT2D eigenvalue weighted by molar-refractivity contribution is 0.503. The maximum absolute atomic E-state index is 13.0. The number of hydrogen-bond acceptors (Lipinski definition) is 3. The monoisotopic (exact) mass is 263 g/mol. The summed E-state index contributed by atoms with van der Waals surface area (Å²) in [6, 6.07) is 2.61. The summed E-state index contributed by atoms with van der Waals surface area (Å²) in [7, 11) is -3.64. The molecule has 0 fully saturated rings. The highest BCUT2D eigenvalue weighted by Crippen LogP contribution is 2.22. The number of sulfone groups is 1. The summed E-state index contributed by atoms with van der Waals surface area (Å²) < 4.78 is 49.9. The average Bonchev–Trinajstić information content (AvgIpc) is 2.29. The standard InChI is InChI=1S/C11H15F2NO2S/c1-2-8(5-6-14)17(15,16)9-3-4-10(12)11(13)7-9/h3-4,7-8H,2,5-6,14H2,1H3. The smallest absolute Gasteiger partial charge is 0.181 e. The lowest BCUT2D eigenvalue weighted by Gasteiger charge is -2.15. The van der Waals surface area contributed by atoms with Crippen LogP contribution in [-0.2, 0) is 9.84 Å². The predicted octanol–water partition coefficient (Wildman–Crippen LogP) is 1.87. The molecule has 1 aromatic carbocycles. The van der Waals surface area contributed by atoms with Crippen molar-refractivity contribution in [3.63, 3.8) is 0 Å². The third-order valence-corrected chi connectivity index (χ3v) is 4.96. The summed E-state index contributed by atoms with van der Waals surface area (Å²) in [4.78, 5) is -0.197. The highest BCUT2D eigenvalue weighted by atomic mass is 32.2. The highest BCUT2D eigenvalue weighted by Gasteiger charge is 2.26. The van der Waals surface area contributed by atoms with Crippen LogP contribution in [-0.4, -0.2) is 20.2 Å². The van der Waals surface area contributed by atoms with E-state index in [1.165, 1.54) is 0 Å². The second kappa shape index (κ2) is 5.55. The van der Waals surface area contributed by atoms with Crippen molar-refractivity contribution in [2.45, 2.75) is 29.9 Å². The van der Waals surface area contributed by atoms with Gasteiger partial charge in [-0.05, 0) is 37.6 Å². The topological polar surface area (TPSA) is 60.2 Å². The van der Waals surface area contributed by atoms with Gasteiger partial charge in [0.15, 0.2) is 21.5 Å². The van der Waals surface area contributed by atoms with E-state index in [2.05, 4.69) is 0 Å². The molecule has 96 valence electrons. The van der Waals surface area contributed by atoms with Gasteiger partial charge in [0.2, 0.25) is 0 Å². The number of nitrogens with two attached hydrogens (primary N) is 1. The molecule has 0 heterocycles. The maximum Gasteiger partial charge on any atom is 0.181 e. The van der Waals surface area contributed by atoms with Crippen molar-refractivity contribution in [2.24, 2.45) is 5.73 Å². The number of benzene rings is 1. The zero-order valence-electron chi connectivity index (χ0n) is 9.49. The third-order valence-electron chi connectivity index (χ3n) is 2.60. The van der Waals surface area contributed by atoms with Crippen molar-refractivity contribution < 1.29 is 17.2 Å². The van der Waals surface area contributed by atoms with Crippen molar-refractivity contribution in [1.82, 2.24) is 0 Å². The Bertz CT molecular complexity index is 488. The molecule has 3 nitrogen and oxygen atoms in total. The van der Waals surface area contributed by atoms with E-state index in [-0.39, 0.29) is 11.4 Å². The summed E-state index contributed by atoms with van der Waals surface area (Å²) in [5, 5.41) is -0.655. The molecule has 1 atom stereocenters. The summed E-state index contributed by atoms with van der Waals surface area (Å²) in [6.45, 7) is 1.96. The minimum absolute atomic E-state index is 0.197. The van der Waals surface area contributed by atoms with Gasteiger partial charge in [-0.3, -0.25) is 0 Å². The Kier molecular flexibility index (Phi) is 4.59. The van der Waals surface area contributed by atoms with Crippen molar-refractivity contribution in [2.75, 3.05) is 6.54 Å². The lowest BCUT2D eigenvalue weighted by atomic mass is 10.2. The van der Waals surface area contributed by atoms with Crippen molar-refractivity contribution in [1.29, 1.82) is 0 Å². The summed E-state index contributed by atoms with van der Waals surface area (Å²) in [5.41, 5.74) is 5.34. The molecule has 1 unspecified atom stereocenters. The SMILES string of the molecule is CCC(CCN)S(=O)(=O)c1ccc(F)c(F)c1. The van der Waals surface area contributed by atoms with E-state index in [0.29, 0.717) is 18.9 Å². The van der Waals surface area contributed by atoms with Gasteiger partial charge >= 0.3 is 0 Å². The molecule has 0 saturated heterocycles. The van der Waals surface area contributed by atoms with E-state index in [9.17, 15) is 17.2 Å². The third kappa shape index (κ3) is 3.01. The molecule has 0 spiro atoms. The van der Waals surface area contributed by atoms with Gasteiger partial charge < -0.3 is 5.73 Å². The molecule has 17 heavy (non-hydrogen) atoms. The maximum atomic E-state index is 13.0. The summed E-state index contributed by atoms with van der Waals surface area (Å²) in [5.74, 6) is -2.22. The zero-order chi connectivity index (χ0) is 13.1. The molecule has 0 amide bonds. The highest BCUT2D eigenvalue weighted by molar-refractivity contribution is 7.92. The minimum Gasteiger partial charge on any atom is -0.330 e. The van der Waals surface area contributed by atoms with Crippen LogP contribution in [0.2, 0.25) is 0 Å². The van der Waals surface area contributed by atoms with Crippen LogP contribution >= 0.6 is 0 Å². The first-order valence-corrected chi connectivity index (χ1v) is 6.87. The second-order valence-electron chi connectivity index (χ2n) is 3.73. The van der Waals surface area contributed by atoms with Crippen LogP contribution in [0, 0.1) is 11.6 Å². The van der Waals surface area contributed by atoms with Crippen LogP contribution in [0.15, 0.2) is 23.1 Å². The Hall–Kier alpha value is -1.01. The Morgan fingerprint density at radius 2 is 1.94 bits per heavy atom. The van der Waals surface area contributed by atoms with Gasteiger partial charge in [0, 0.05) is 0 Å². The largest absolute Gasteiger partial charge is 0.330 e. The van der Waals surface area contributed by atoms with Crippen LogP contribution in [0.5, 0.6) is 0 Å². The molecule has 0 aliphatic rings. The molecule has 2 N–H and O–H groups in total. The molecule has 0 aliphatic heterocycles. The van der Waals surface area contributed by atoms with Crippen LogP contribution in [0.4, 0.5) is 8.78 Å². The quantitative estimate of drug-likeness (QED) is 0.825. The normalized spacial score (nSPS) is 13.6. The molecule has 0 aliphatic carbocycles. The molecular weight excluding hydrogens is 248 g/mol. The first-order valence-electron chi connectivity index (χ1n) is 5.32. The fraction of sp³-hybridized carbons (Fsp3) is 0.455. The van der Waals surface area contributed by atoms with Gasteiger partial charge in [0.25, 0.3) is 0 Å². The van der Waals surface area contributed by atoms with Gasteiger partial charge in [-0.2, -0.15) is 0 Å². The van der Waals surface area contributed by atoms with E-state index in [1.807, 2.05) is 0 Å². The van der Waals surface area contributed by atoms with E-state index < -0.39 is 26.7 Å². The molecule has 0 bridgehead atoms. The predicted molar refractivity (Wildman–Crippen MR) is 61.3 cm³/mol. The van der Waals surface area contributed by atoms with Crippen molar-refractivity contribution >= 4 is 9.84 Å². The Morgan fingerprint density at radius 1 is 1.29 bits per heavy atom. The second-order valence-corrected chi connectivity index (χ2v) is 5.96. The number of hydrogen-bond donors (Lipinski definition) is 1. The molecule has 0 aromatic heterocycles. The van der Waals surface area contributed by atoms with E-state index in [1.54, 1.807) is 6.92 Å². The minimum atomic E-state index is -3.64. The Morgan fingerprint density at radius 3 is 2.41 bits per heavy atom. The van der Waals surface area contributed by atoms with Crippen molar-refractivity contribution in [3.05, 3.63) is 29.8 Å². The van der Waals surface area contributed by atoms with Gasteiger partial charge in [-0.25, -0.2) is 17.2 Å². The Labute approximate surface area is 99.6 Å². The van der Waals surface area contributed by atoms with E-state index >= 15 is 0 Å². The number of halogens is 2.